The Morgan fingerprint density at radius 2 is 1.64 bits per heavy atom. The number of piperidine rings is 1. The zero-order chi connectivity index (χ0) is 23.8. The average molecular weight is 474 g/mol. The number of hydrogen-bond donors (Lipinski definition) is 1. The maximum Gasteiger partial charge on any atom is 0.243 e. The lowest BCUT2D eigenvalue weighted by atomic mass is 10.1. The topological polar surface area (TPSA) is 79.0 Å². The quantitative estimate of drug-likeness (QED) is 0.571. The number of carbonyl (C=O) groups excluding carboxylic acids is 1. The van der Waals surface area contributed by atoms with Crippen LogP contribution < -0.4 is 14.4 Å². The van der Waals surface area contributed by atoms with Crippen molar-refractivity contribution in [1.29, 1.82) is 0 Å². The Morgan fingerprint density at radius 3 is 2.21 bits per heavy atom. The number of amides is 1. The number of carbonyl (C=O) groups is 1. The smallest absolute Gasteiger partial charge is 0.243 e. The highest BCUT2D eigenvalue weighted by molar-refractivity contribution is 7.92. The molecule has 1 N–H and O–H groups in total. The van der Waals surface area contributed by atoms with E-state index in [9.17, 15) is 13.2 Å². The van der Waals surface area contributed by atoms with Crippen molar-refractivity contribution in [3.63, 3.8) is 0 Å². The average Bonchev–Trinajstić information content (AvgIpc) is 2.79. The minimum absolute atomic E-state index is 0.341. The molecule has 0 aromatic heterocycles. The first-order valence-corrected chi connectivity index (χ1v) is 13.4. The number of likely N-dealkylation sites (tertiary alicyclic amines) is 1. The van der Waals surface area contributed by atoms with Gasteiger partial charge >= 0.3 is 0 Å². The molecule has 0 saturated carbocycles. The Morgan fingerprint density at radius 1 is 1.03 bits per heavy atom. The fraction of sp³-hybridized carbons (Fsp3) is 0.480. The molecule has 1 atom stereocenters. The minimum atomic E-state index is -3.66. The molecule has 180 valence electrons. The lowest BCUT2D eigenvalue weighted by molar-refractivity contribution is -0.122. The molecule has 1 saturated heterocycles. The van der Waals surface area contributed by atoms with Crippen LogP contribution in [0.1, 0.15) is 44.2 Å². The van der Waals surface area contributed by atoms with E-state index in [-0.39, 0.29) is 5.91 Å². The summed E-state index contributed by atoms with van der Waals surface area (Å²) in [5.41, 5.74) is 2.66. The van der Waals surface area contributed by atoms with Crippen molar-refractivity contribution in [2.45, 2.75) is 52.2 Å². The van der Waals surface area contributed by atoms with Gasteiger partial charge in [0.05, 0.1) is 18.6 Å². The molecule has 7 nitrogen and oxygen atoms in total. The first kappa shape index (κ1) is 25.1. The molecule has 33 heavy (non-hydrogen) atoms. The van der Waals surface area contributed by atoms with E-state index in [0.29, 0.717) is 24.6 Å². The van der Waals surface area contributed by atoms with E-state index in [1.54, 1.807) is 31.2 Å². The lowest BCUT2D eigenvalue weighted by Crippen LogP contribution is -2.47. The molecule has 8 heteroatoms. The Balaban J connectivity index is 1.60. The summed E-state index contributed by atoms with van der Waals surface area (Å²) in [4.78, 5) is 15.3. The van der Waals surface area contributed by atoms with Crippen LogP contribution in [0.25, 0.3) is 0 Å². The van der Waals surface area contributed by atoms with Crippen LogP contribution in [0.15, 0.2) is 48.5 Å². The van der Waals surface area contributed by atoms with Crippen molar-refractivity contribution in [1.82, 2.24) is 10.2 Å². The van der Waals surface area contributed by atoms with Gasteiger partial charge in [0.15, 0.2) is 0 Å². The summed E-state index contributed by atoms with van der Waals surface area (Å²) in [5.74, 6) is 0.294. The van der Waals surface area contributed by atoms with Gasteiger partial charge in [0.25, 0.3) is 0 Å². The second-order valence-corrected chi connectivity index (χ2v) is 10.4. The Kier molecular flexibility index (Phi) is 8.74. The van der Waals surface area contributed by atoms with Gasteiger partial charge in [-0.05, 0) is 75.2 Å². The molecule has 1 aliphatic heterocycles. The molecule has 0 aliphatic carbocycles. The molecule has 2 aromatic carbocycles. The van der Waals surface area contributed by atoms with Crippen LogP contribution in [0.2, 0.25) is 0 Å². The van der Waals surface area contributed by atoms with Gasteiger partial charge in [-0.1, -0.05) is 30.7 Å². The van der Waals surface area contributed by atoms with Gasteiger partial charge in [-0.2, -0.15) is 0 Å². The highest BCUT2D eigenvalue weighted by Gasteiger charge is 2.29. The molecule has 0 spiro atoms. The normalized spacial score (nSPS) is 15.6. The number of anilines is 1. The van der Waals surface area contributed by atoms with E-state index >= 15 is 0 Å². The van der Waals surface area contributed by atoms with Crippen LogP contribution in [0.3, 0.4) is 0 Å². The highest BCUT2D eigenvalue weighted by Crippen LogP contribution is 2.24. The van der Waals surface area contributed by atoms with Gasteiger partial charge in [0, 0.05) is 13.1 Å². The summed E-state index contributed by atoms with van der Waals surface area (Å²) >= 11 is 0. The summed E-state index contributed by atoms with van der Waals surface area (Å²) in [7, 11) is -3.66. The van der Waals surface area contributed by atoms with Gasteiger partial charge < -0.3 is 10.1 Å². The fourth-order valence-electron chi connectivity index (χ4n) is 4.14. The third-order valence-electron chi connectivity index (χ3n) is 5.84. The van der Waals surface area contributed by atoms with E-state index in [1.165, 1.54) is 24.8 Å². The molecule has 1 unspecified atom stereocenters. The predicted molar refractivity (Wildman–Crippen MR) is 132 cm³/mol. The van der Waals surface area contributed by atoms with Crippen LogP contribution in [-0.2, 0) is 27.9 Å². The molecule has 1 amide bonds. The second kappa shape index (κ2) is 11.5. The predicted octanol–water partition coefficient (Wildman–Crippen LogP) is 3.54. The van der Waals surface area contributed by atoms with Crippen molar-refractivity contribution in [3.05, 3.63) is 59.7 Å². The second-order valence-electron chi connectivity index (χ2n) is 8.53. The Bertz CT molecular complexity index is 1000. The molecule has 1 heterocycles. The number of nitrogens with zero attached hydrogens (tertiary/aromatic N) is 2. The van der Waals surface area contributed by atoms with Crippen LogP contribution in [0, 0.1) is 0 Å². The van der Waals surface area contributed by atoms with E-state index in [2.05, 4.69) is 22.3 Å². The van der Waals surface area contributed by atoms with Crippen LogP contribution in [0.4, 0.5) is 5.69 Å². The Hall–Kier alpha value is -2.58. The lowest BCUT2D eigenvalue weighted by Gasteiger charge is -2.28. The molecule has 1 fully saturated rings. The number of sulfonamides is 1. The maximum atomic E-state index is 12.8. The van der Waals surface area contributed by atoms with Crippen molar-refractivity contribution in [3.8, 4) is 5.75 Å². The monoisotopic (exact) mass is 473 g/mol. The maximum absolute atomic E-state index is 12.8. The standard InChI is InChI=1S/C25H35N3O4S/c1-4-32-24-14-12-23(13-15-24)28(33(3,30)31)20(2)25(29)26-18-21-8-10-22(11-9-21)19-27-16-6-5-7-17-27/h8-15,20H,4-7,16-19H2,1-3H3,(H,26,29). The summed E-state index contributed by atoms with van der Waals surface area (Å²) in [6.45, 7) is 7.60. The minimum Gasteiger partial charge on any atom is -0.494 e. The molecular formula is C25H35N3O4S. The van der Waals surface area contributed by atoms with E-state index in [4.69, 9.17) is 4.74 Å². The van der Waals surface area contributed by atoms with Gasteiger partial charge in [0.2, 0.25) is 15.9 Å². The van der Waals surface area contributed by atoms with Gasteiger partial charge in [-0.15, -0.1) is 0 Å². The summed E-state index contributed by atoms with van der Waals surface area (Å²) in [6, 6.07) is 14.0. The fourth-order valence-corrected chi connectivity index (χ4v) is 5.31. The molecule has 2 aromatic rings. The highest BCUT2D eigenvalue weighted by atomic mass is 32.2. The summed E-state index contributed by atoms with van der Waals surface area (Å²) < 4.78 is 31.5. The number of hydrogen-bond acceptors (Lipinski definition) is 5. The third-order valence-corrected chi connectivity index (χ3v) is 7.08. The Labute approximate surface area is 197 Å². The molecule has 1 aliphatic rings. The van der Waals surface area contributed by atoms with Crippen LogP contribution in [0.5, 0.6) is 5.75 Å². The van der Waals surface area contributed by atoms with Crippen molar-refractivity contribution in [2.75, 3.05) is 30.3 Å². The first-order valence-electron chi connectivity index (χ1n) is 11.6. The largest absolute Gasteiger partial charge is 0.494 e. The van der Waals surface area contributed by atoms with Gasteiger partial charge in [-0.25, -0.2) is 8.42 Å². The van der Waals surface area contributed by atoms with Crippen molar-refractivity contribution >= 4 is 21.6 Å². The van der Waals surface area contributed by atoms with Crippen molar-refractivity contribution < 1.29 is 17.9 Å². The molecule has 0 bridgehead atoms. The van der Waals surface area contributed by atoms with Crippen molar-refractivity contribution in [2.24, 2.45) is 0 Å². The zero-order valence-corrected chi connectivity index (χ0v) is 20.6. The summed E-state index contributed by atoms with van der Waals surface area (Å²) in [6.07, 6.45) is 4.96. The van der Waals surface area contributed by atoms with E-state index < -0.39 is 16.1 Å². The molecular weight excluding hydrogens is 438 g/mol. The molecule has 3 rings (SSSR count). The van der Waals surface area contributed by atoms with Crippen LogP contribution >= 0.6 is 0 Å². The number of rotatable bonds is 10. The first-order chi connectivity index (χ1) is 15.8. The van der Waals surface area contributed by atoms with Gasteiger partial charge in [-0.3, -0.25) is 14.0 Å². The SMILES string of the molecule is CCOc1ccc(N(C(C)C(=O)NCc2ccc(CN3CCCCC3)cc2)S(C)(=O)=O)cc1. The van der Waals surface area contributed by atoms with Gasteiger partial charge in [0.1, 0.15) is 11.8 Å². The zero-order valence-electron chi connectivity index (χ0n) is 19.8. The number of nitrogens with one attached hydrogen (secondary N) is 1. The van der Waals surface area contributed by atoms with Crippen LogP contribution in [-0.4, -0.2) is 51.2 Å². The van der Waals surface area contributed by atoms with E-state index in [1.807, 2.05) is 19.1 Å². The number of ether oxygens (including phenoxy) is 1. The summed E-state index contributed by atoms with van der Waals surface area (Å²) in [5, 5.41) is 2.87. The third kappa shape index (κ3) is 7.20. The number of benzene rings is 2. The van der Waals surface area contributed by atoms with E-state index in [0.717, 1.165) is 35.8 Å². The molecule has 0 radical (unpaired) electrons.